The van der Waals surface area contributed by atoms with Gasteiger partial charge in [-0.15, -0.1) is 0 Å². The lowest BCUT2D eigenvalue weighted by Gasteiger charge is -2.04. The van der Waals surface area contributed by atoms with E-state index in [1.807, 2.05) is 24.3 Å². The molecule has 0 heterocycles. The number of benzene rings is 5. The van der Waals surface area contributed by atoms with Crippen LogP contribution in [-0.2, 0) is 0 Å². The van der Waals surface area contributed by atoms with E-state index < -0.39 is 0 Å². The maximum absolute atomic E-state index is 2.18. The van der Waals surface area contributed by atoms with Crippen molar-refractivity contribution in [3.63, 3.8) is 0 Å². The van der Waals surface area contributed by atoms with Crippen molar-refractivity contribution < 1.29 is 0 Å². The Balaban J connectivity index is 0.000000158. The summed E-state index contributed by atoms with van der Waals surface area (Å²) in [6.07, 6.45) is 0. The van der Waals surface area contributed by atoms with Gasteiger partial charge in [0, 0.05) is 0 Å². The van der Waals surface area contributed by atoms with Crippen LogP contribution in [0.1, 0.15) is 0 Å². The maximum Gasteiger partial charge on any atom is -0.0184 e. The van der Waals surface area contributed by atoms with Crippen molar-refractivity contribution >= 4 is 0 Å². The van der Waals surface area contributed by atoms with E-state index in [1.165, 1.54) is 33.4 Å². The van der Waals surface area contributed by atoms with Gasteiger partial charge in [-0.05, 0) is 33.4 Å². The molecule has 0 aliphatic heterocycles. The molecule has 0 unspecified atom stereocenters. The molecule has 144 valence electrons. The summed E-state index contributed by atoms with van der Waals surface area (Å²) in [6.45, 7) is 0. The standard InChI is InChI=1S/C18H14.C12H10/c1-3-7-15(8-4-1)17-11-13-18(14-12-17)16-9-5-2-6-10-16;1-3-7-11(8-4-1)12-9-5-2-6-10-12/h1-14H;1-10H. The molecule has 0 N–H and O–H groups in total. The van der Waals surface area contributed by atoms with Gasteiger partial charge in [-0.1, -0.05) is 146 Å². The maximum atomic E-state index is 2.18. The second-order valence-corrected chi connectivity index (χ2v) is 7.04. The summed E-state index contributed by atoms with van der Waals surface area (Å²) >= 11 is 0. The molecule has 0 aliphatic rings. The fourth-order valence-corrected chi connectivity index (χ4v) is 3.38. The predicted octanol–water partition coefficient (Wildman–Crippen LogP) is 8.37. The Bertz CT molecular complexity index is 1030. The predicted molar refractivity (Wildman–Crippen MR) is 129 cm³/mol. The molecule has 0 saturated carbocycles. The lowest BCUT2D eigenvalue weighted by atomic mass is 10.0. The third-order valence-electron chi connectivity index (χ3n) is 4.98. The van der Waals surface area contributed by atoms with E-state index in [1.54, 1.807) is 0 Å². The van der Waals surface area contributed by atoms with E-state index >= 15 is 0 Å². The highest BCUT2D eigenvalue weighted by atomic mass is 14.0. The first-order valence-corrected chi connectivity index (χ1v) is 10.2. The summed E-state index contributed by atoms with van der Waals surface area (Å²) < 4.78 is 0. The Morgan fingerprint density at radius 2 is 0.333 bits per heavy atom. The fourth-order valence-electron chi connectivity index (χ4n) is 3.38. The lowest BCUT2D eigenvalue weighted by Crippen LogP contribution is -1.79. The van der Waals surface area contributed by atoms with E-state index in [0.717, 1.165) is 0 Å². The van der Waals surface area contributed by atoms with Crippen molar-refractivity contribution in [1.82, 2.24) is 0 Å². The van der Waals surface area contributed by atoms with Crippen molar-refractivity contribution in [3.05, 3.63) is 146 Å². The molecule has 0 radical (unpaired) electrons. The number of rotatable bonds is 3. The molecule has 0 heteroatoms. The van der Waals surface area contributed by atoms with Crippen LogP contribution in [0.5, 0.6) is 0 Å². The molecule has 30 heavy (non-hydrogen) atoms. The summed E-state index contributed by atoms with van der Waals surface area (Å²) in [5.41, 5.74) is 7.59. The molecule has 0 saturated heterocycles. The van der Waals surface area contributed by atoms with Gasteiger partial charge in [0.1, 0.15) is 0 Å². The molecule has 0 aromatic heterocycles. The molecule has 0 atom stereocenters. The Morgan fingerprint density at radius 1 is 0.167 bits per heavy atom. The summed E-state index contributed by atoms with van der Waals surface area (Å²) in [4.78, 5) is 0. The molecule has 5 aromatic rings. The molecular formula is C30H24. The van der Waals surface area contributed by atoms with Gasteiger partial charge in [0.15, 0.2) is 0 Å². The topological polar surface area (TPSA) is 0 Å². The van der Waals surface area contributed by atoms with Gasteiger partial charge < -0.3 is 0 Å². The lowest BCUT2D eigenvalue weighted by molar-refractivity contribution is 1.59. The smallest absolute Gasteiger partial charge is 0.0184 e. The molecule has 0 amide bonds. The molecule has 5 aromatic carbocycles. The Morgan fingerprint density at radius 3 is 0.533 bits per heavy atom. The fraction of sp³-hybridized carbons (Fsp3) is 0. The van der Waals surface area contributed by atoms with E-state index in [2.05, 4.69) is 121 Å². The Kier molecular flexibility index (Phi) is 6.50. The number of hydrogen-bond acceptors (Lipinski definition) is 0. The van der Waals surface area contributed by atoms with Gasteiger partial charge in [-0.2, -0.15) is 0 Å². The quantitative estimate of drug-likeness (QED) is 0.293. The van der Waals surface area contributed by atoms with Gasteiger partial charge in [-0.25, -0.2) is 0 Å². The second-order valence-electron chi connectivity index (χ2n) is 7.04. The molecule has 0 nitrogen and oxygen atoms in total. The zero-order valence-electron chi connectivity index (χ0n) is 16.9. The Hall–Kier alpha value is -3.90. The summed E-state index contributed by atoms with van der Waals surface area (Å²) in [7, 11) is 0. The molecule has 0 fully saturated rings. The highest BCUT2D eigenvalue weighted by Crippen LogP contribution is 2.24. The number of hydrogen-bond donors (Lipinski definition) is 0. The highest BCUT2D eigenvalue weighted by molar-refractivity contribution is 5.70. The van der Waals surface area contributed by atoms with Crippen molar-refractivity contribution in [2.75, 3.05) is 0 Å². The summed E-state index contributed by atoms with van der Waals surface area (Å²) in [5, 5.41) is 0. The minimum Gasteiger partial charge on any atom is -0.0622 e. The first-order valence-electron chi connectivity index (χ1n) is 10.2. The monoisotopic (exact) mass is 384 g/mol. The van der Waals surface area contributed by atoms with E-state index in [0.29, 0.717) is 0 Å². The van der Waals surface area contributed by atoms with Gasteiger partial charge in [-0.3, -0.25) is 0 Å². The van der Waals surface area contributed by atoms with Crippen LogP contribution in [0.4, 0.5) is 0 Å². The third kappa shape index (κ3) is 5.12. The molecule has 5 rings (SSSR count). The van der Waals surface area contributed by atoms with Crippen LogP contribution in [0.15, 0.2) is 146 Å². The Labute approximate surface area is 179 Å². The SMILES string of the molecule is c1ccc(-c2ccc(-c3ccccc3)cc2)cc1.c1ccc(-c2ccccc2)cc1. The van der Waals surface area contributed by atoms with Crippen molar-refractivity contribution in [1.29, 1.82) is 0 Å². The van der Waals surface area contributed by atoms with Crippen LogP contribution >= 0.6 is 0 Å². The zero-order chi connectivity index (χ0) is 20.4. The highest BCUT2D eigenvalue weighted by Gasteiger charge is 1.99. The largest absolute Gasteiger partial charge is 0.0622 e. The van der Waals surface area contributed by atoms with Gasteiger partial charge >= 0.3 is 0 Å². The average molecular weight is 385 g/mol. The molecular weight excluding hydrogens is 360 g/mol. The summed E-state index contributed by atoms with van der Waals surface area (Å²) in [6, 6.07) is 50.4. The van der Waals surface area contributed by atoms with E-state index in [-0.39, 0.29) is 0 Å². The third-order valence-corrected chi connectivity index (χ3v) is 4.98. The zero-order valence-corrected chi connectivity index (χ0v) is 16.9. The first-order chi connectivity index (χ1) is 14.9. The average Bonchev–Trinajstić information content (AvgIpc) is 2.87. The van der Waals surface area contributed by atoms with Crippen molar-refractivity contribution in [2.45, 2.75) is 0 Å². The van der Waals surface area contributed by atoms with E-state index in [4.69, 9.17) is 0 Å². The first kappa shape index (κ1) is 19.4. The molecule has 0 bridgehead atoms. The molecule has 0 aliphatic carbocycles. The van der Waals surface area contributed by atoms with Crippen LogP contribution in [0.2, 0.25) is 0 Å². The van der Waals surface area contributed by atoms with Crippen LogP contribution in [-0.4, -0.2) is 0 Å². The molecule has 0 spiro atoms. The van der Waals surface area contributed by atoms with Crippen LogP contribution < -0.4 is 0 Å². The van der Waals surface area contributed by atoms with Gasteiger partial charge in [0.25, 0.3) is 0 Å². The minimum absolute atomic E-state index is 1.26. The second kappa shape index (κ2) is 10.0. The van der Waals surface area contributed by atoms with E-state index in [9.17, 15) is 0 Å². The van der Waals surface area contributed by atoms with Gasteiger partial charge in [0.2, 0.25) is 0 Å². The van der Waals surface area contributed by atoms with Crippen LogP contribution in [0.3, 0.4) is 0 Å². The minimum atomic E-state index is 1.26. The van der Waals surface area contributed by atoms with Crippen molar-refractivity contribution in [2.24, 2.45) is 0 Å². The van der Waals surface area contributed by atoms with Gasteiger partial charge in [0.05, 0.1) is 0 Å². The normalized spacial score (nSPS) is 10.0. The summed E-state index contributed by atoms with van der Waals surface area (Å²) in [5.74, 6) is 0. The van der Waals surface area contributed by atoms with Crippen LogP contribution in [0, 0.1) is 0 Å². The van der Waals surface area contributed by atoms with Crippen LogP contribution in [0.25, 0.3) is 33.4 Å². The van der Waals surface area contributed by atoms with Crippen molar-refractivity contribution in [3.8, 4) is 33.4 Å².